The number of aryl methyl sites for hydroxylation is 3. The van der Waals surface area contributed by atoms with Crippen LogP contribution in [0.5, 0.6) is 0 Å². The first-order valence-corrected chi connectivity index (χ1v) is 24.7. The molecule has 0 spiro atoms. The Bertz CT molecular complexity index is 2580. The summed E-state index contributed by atoms with van der Waals surface area (Å²) in [6, 6.07) is 26.7. The van der Waals surface area contributed by atoms with Crippen molar-refractivity contribution in [3.8, 4) is 0 Å². The van der Waals surface area contributed by atoms with Crippen molar-refractivity contribution in [3.05, 3.63) is 151 Å². The van der Waals surface area contributed by atoms with Crippen LogP contribution in [0, 0.1) is 26.6 Å². The van der Waals surface area contributed by atoms with Gasteiger partial charge in [0.25, 0.3) is 0 Å². The van der Waals surface area contributed by atoms with E-state index < -0.39 is 25.9 Å². The number of hydrogen-bond donors (Lipinski definition) is 0. The zero-order valence-corrected chi connectivity index (χ0v) is 37.9. The lowest BCUT2D eigenvalue weighted by Gasteiger charge is -2.33. The van der Waals surface area contributed by atoms with Crippen LogP contribution in [0.1, 0.15) is 39.2 Å². The highest BCUT2D eigenvalue weighted by Gasteiger charge is 2.31. The summed E-state index contributed by atoms with van der Waals surface area (Å²) in [5.41, 5.74) is 8.53. The van der Waals surface area contributed by atoms with E-state index in [0.29, 0.717) is 57.3 Å². The van der Waals surface area contributed by atoms with E-state index in [2.05, 4.69) is 81.5 Å². The Labute approximate surface area is 363 Å². The smallest absolute Gasteiger partial charge is 0.243 e. The van der Waals surface area contributed by atoms with Gasteiger partial charge >= 0.3 is 0 Å². The van der Waals surface area contributed by atoms with Crippen LogP contribution in [0.2, 0.25) is 0 Å². The average Bonchev–Trinajstić information content (AvgIpc) is 3.90. The van der Waals surface area contributed by atoms with Crippen LogP contribution in [0.4, 0.5) is 14.7 Å². The summed E-state index contributed by atoms with van der Waals surface area (Å²) in [5, 5.41) is 6.06. The normalized spacial score (nSPS) is 15.5. The number of halogens is 2. The minimum absolute atomic E-state index is 0.000320. The molecule has 0 unspecified atom stereocenters. The van der Waals surface area contributed by atoms with Gasteiger partial charge in [-0.3, -0.25) is 0 Å². The van der Waals surface area contributed by atoms with E-state index in [0.717, 1.165) is 45.0 Å². The van der Waals surface area contributed by atoms with Gasteiger partial charge in [-0.05, 0) is 79.4 Å². The second-order valence-electron chi connectivity index (χ2n) is 14.7. The maximum absolute atomic E-state index is 13.4. The van der Waals surface area contributed by atoms with Gasteiger partial charge in [-0.2, -0.15) is 8.61 Å². The molecule has 310 valence electrons. The van der Waals surface area contributed by atoms with E-state index in [1.165, 1.54) is 50.3 Å². The van der Waals surface area contributed by atoms with Gasteiger partial charge in [0.05, 0.1) is 21.2 Å². The van der Waals surface area contributed by atoms with Gasteiger partial charge in [0.2, 0.25) is 20.0 Å². The van der Waals surface area contributed by atoms with Gasteiger partial charge < -0.3 is 9.80 Å². The predicted molar refractivity (Wildman–Crippen MR) is 239 cm³/mol. The summed E-state index contributed by atoms with van der Waals surface area (Å²) < 4.78 is 68.5. The Kier molecular flexibility index (Phi) is 13.7. The minimum atomic E-state index is -3.68. The molecule has 4 aromatic carbocycles. The Morgan fingerprint density at radius 2 is 1.10 bits per heavy atom. The molecule has 0 N–H and O–H groups in total. The van der Waals surface area contributed by atoms with Crippen molar-refractivity contribution < 1.29 is 21.2 Å². The van der Waals surface area contributed by atoms with Gasteiger partial charge in [-0.25, -0.2) is 31.2 Å². The molecule has 59 heavy (non-hydrogen) atoms. The Morgan fingerprint density at radius 3 is 1.61 bits per heavy atom. The number of nitrogens with zero attached hydrogens (tertiary/aromatic N) is 6. The molecule has 2 saturated heterocycles. The lowest BCUT2D eigenvalue weighted by atomic mass is 9.96. The highest BCUT2D eigenvalue weighted by molar-refractivity contribution is 9.10. The standard InChI is InChI=1S/C23H26BrN3O2S2.C20H20FN3O2S2/c1-16-11-17(2)22(18(3)12-16)14-20-15-30-23(25-20)26-7-9-27(10-8-26)31(28,29)21-6-4-5-19(24)13-21;21-17-7-4-8-19(14-17)28(25,26)24-11-9-23(10-12-24)20-22-18(15-27-20)13-16-5-2-1-3-6-16/h4-6,11-13,15H,7-10,14H2,1-3H3;1-8,14-15H,9-13H2. The molecule has 0 bridgehead atoms. The molecular formula is C43H46BrFN6O4S4. The number of benzene rings is 4. The van der Waals surface area contributed by atoms with Crippen LogP contribution >= 0.6 is 38.6 Å². The van der Waals surface area contributed by atoms with Crippen molar-refractivity contribution in [2.45, 2.75) is 43.4 Å². The number of hydrogen-bond acceptors (Lipinski definition) is 10. The average molecular weight is 938 g/mol. The minimum Gasteiger partial charge on any atom is -0.345 e. The molecule has 2 aromatic heterocycles. The lowest BCUT2D eigenvalue weighted by molar-refractivity contribution is 0.384. The Balaban J connectivity index is 0.000000180. The molecule has 2 aliphatic heterocycles. The third-order valence-corrected chi connectivity index (χ3v) is 16.6. The van der Waals surface area contributed by atoms with Gasteiger partial charge in [-0.1, -0.05) is 76.1 Å². The number of aromatic nitrogens is 2. The van der Waals surface area contributed by atoms with E-state index in [9.17, 15) is 21.2 Å². The van der Waals surface area contributed by atoms with Gasteiger partial charge in [0.15, 0.2) is 10.3 Å². The fourth-order valence-electron chi connectivity index (χ4n) is 7.31. The molecule has 4 heterocycles. The topological polar surface area (TPSA) is 107 Å². The molecule has 2 fully saturated rings. The highest BCUT2D eigenvalue weighted by atomic mass is 79.9. The molecule has 6 aromatic rings. The van der Waals surface area contributed by atoms with Crippen LogP contribution in [-0.4, -0.2) is 87.8 Å². The van der Waals surface area contributed by atoms with Crippen LogP contribution in [-0.2, 0) is 32.9 Å². The lowest BCUT2D eigenvalue weighted by Crippen LogP contribution is -2.48. The van der Waals surface area contributed by atoms with Gasteiger partial charge in [-0.15, -0.1) is 22.7 Å². The second-order valence-corrected chi connectivity index (χ2v) is 21.1. The highest BCUT2D eigenvalue weighted by Crippen LogP contribution is 2.29. The number of anilines is 2. The molecule has 0 amide bonds. The van der Waals surface area contributed by atoms with Crippen molar-refractivity contribution in [1.29, 1.82) is 0 Å². The zero-order valence-electron chi connectivity index (χ0n) is 33.1. The molecule has 8 rings (SSSR count). The SMILES string of the molecule is Cc1cc(C)c(Cc2csc(N3CCN(S(=O)(=O)c4cccc(Br)c4)CC3)n2)c(C)c1.O=S(=O)(c1cccc(F)c1)N1CCN(c2nc(Cc3ccccc3)cs2)CC1. The molecule has 0 aliphatic carbocycles. The summed E-state index contributed by atoms with van der Waals surface area (Å²) in [7, 11) is -7.16. The number of sulfonamides is 2. The summed E-state index contributed by atoms with van der Waals surface area (Å²) in [4.78, 5) is 14.2. The van der Waals surface area contributed by atoms with Crippen molar-refractivity contribution in [3.63, 3.8) is 0 Å². The first-order valence-electron chi connectivity index (χ1n) is 19.3. The van der Waals surface area contributed by atoms with Gasteiger partial charge in [0, 0.05) is 80.4 Å². The van der Waals surface area contributed by atoms with Crippen LogP contribution in [0.3, 0.4) is 0 Å². The largest absolute Gasteiger partial charge is 0.345 e. The number of piperazine rings is 2. The molecule has 16 heteroatoms. The monoisotopic (exact) mass is 936 g/mol. The maximum atomic E-state index is 13.4. The molecule has 0 atom stereocenters. The van der Waals surface area contributed by atoms with E-state index in [1.54, 1.807) is 45.2 Å². The fraction of sp³-hybridized carbons (Fsp3) is 0.302. The van der Waals surface area contributed by atoms with E-state index >= 15 is 0 Å². The number of rotatable bonds is 10. The second kappa shape index (κ2) is 18.7. The maximum Gasteiger partial charge on any atom is 0.243 e. The Hall–Kier alpha value is -4.03. The number of thiazole rings is 2. The van der Waals surface area contributed by atoms with Crippen molar-refractivity contribution >= 4 is 68.9 Å². The van der Waals surface area contributed by atoms with E-state index in [-0.39, 0.29) is 4.90 Å². The molecule has 0 radical (unpaired) electrons. The molecular weight excluding hydrogens is 892 g/mol. The summed E-state index contributed by atoms with van der Waals surface area (Å²) in [6.45, 7) is 10.5. The molecule has 10 nitrogen and oxygen atoms in total. The van der Waals surface area contributed by atoms with E-state index in [1.807, 2.05) is 24.3 Å². The van der Waals surface area contributed by atoms with Crippen LogP contribution < -0.4 is 9.80 Å². The molecule has 2 aliphatic rings. The van der Waals surface area contributed by atoms with Crippen molar-refractivity contribution in [2.24, 2.45) is 0 Å². The van der Waals surface area contributed by atoms with Crippen LogP contribution in [0.25, 0.3) is 0 Å². The van der Waals surface area contributed by atoms with Crippen molar-refractivity contribution in [1.82, 2.24) is 18.6 Å². The summed E-state index contributed by atoms with van der Waals surface area (Å²) in [5.74, 6) is -0.548. The van der Waals surface area contributed by atoms with Crippen LogP contribution in [0.15, 0.2) is 116 Å². The van der Waals surface area contributed by atoms with E-state index in [4.69, 9.17) is 9.97 Å². The fourth-order valence-corrected chi connectivity index (χ4v) is 12.5. The first-order chi connectivity index (χ1) is 28.3. The van der Waals surface area contributed by atoms with Gasteiger partial charge in [0.1, 0.15) is 5.82 Å². The quantitative estimate of drug-likeness (QED) is 0.135. The Morgan fingerprint density at radius 1 is 0.610 bits per heavy atom. The summed E-state index contributed by atoms with van der Waals surface area (Å²) in [6.07, 6.45) is 1.61. The zero-order chi connectivity index (χ0) is 41.7. The predicted octanol–water partition coefficient (Wildman–Crippen LogP) is 8.32. The third-order valence-electron chi connectivity index (χ3n) is 10.4. The summed E-state index contributed by atoms with van der Waals surface area (Å²) >= 11 is 6.58. The van der Waals surface area contributed by atoms with Crippen molar-refractivity contribution in [2.75, 3.05) is 62.2 Å². The first kappa shape index (κ1) is 43.1. The third kappa shape index (κ3) is 10.5. The molecule has 0 saturated carbocycles.